The molecule has 1 N–H and O–H groups in total. The van der Waals surface area contributed by atoms with Crippen LogP contribution in [0.3, 0.4) is 0 Å². The van der Waals surface area contributed by atoms with E-state index in [2.05, 4.69) is 0 Å². The zero-order chi connectivity index (χ0) is 17.3. The van der Waals surface area contributed by atoms with E-state index in [1.165, 1.54) is 12.3 Å². The topological polar surface area (TPSA) is 59.3 Å². The Hall–Kier alpha value is -2.95. The average Bonchev–Trinajstić information content (AvgIpc) is 2.53. The smallest absolute Gasteiger partial charge is 0.308 e. The summed E-state index contributed by atoms with van der Waals surface area (Å²) >= 11 is 0. The van der Waals surface area contributed by atoms with Crippen molar-refractivity contribution in [2.75, 3.05) is 0 Å². The molecule has 0 spiro atoms. The van der Waals surface area contributed by atoms with Gasteiger partial charge in [-0.3, -0.25) is 9.59 Å². The van der Waals surface area contributed by atoms with Gasteiger partial charge in [0.05, 0.1) is 18.5 Å². The zero-order valence-electron chi connectivity index (χ0n) is 13.1. The summed E-state index contributed by atoms with van der Waals surface area (Å²) in [5.74, 6) is -1.41. The number of aromatic nitrogens is 1. The van der Waals surface area contributed by atoms with Crippen LogP contribution >= 0.6 is 0 Å². The maximum absolute atomic E-state index is 14.0. The highest BCUT2D eigenvalue weighted by Crippen LogP contribution is 2.17. The summed E-state index contributed by atoms with van der Waals surface area (Å²) in [6.07, 6.45) is 1.15. The number of aliphatic carboxylic acids is 1. The fraction of sp³-hybridized carbons (Fsp3) is 0.158. The molecule has 122 valence electrons. The molecule has 0 aliphatic carbocycles. The van der Waals surface area contributed by atoms with Gasteiger partial charge in [0.25, 0.3) is 0 Å². The molecule has 3 aromatic rings. The Labute approximate surface area is 137 Å². The molecule has 24 heavy (non-hydrogen) atoms. The first kappa shape index (κ1) is 15.9. The Morgan fingerprint density at radius 3 is 2.62 bits per heavy atom. The van der Waals surface area contributed by atoms with Gasteiger partial charge in [0, 0.05) is 22.7 Å². The third-order valence-corrected chi connectivity index (χ3v) is 3.95. The Kier molecular flexibility index (Phi) is 4.16. The number of benzene rings is 2. The highest BCUT2D eigenvalue weighted by atomic mass is 19.1. The van der Waals surface area contributed by atoms with E-state index in [1.54, 1.807) is 34.9 Å². The van der Waals surface area contributed by atoms with Gasteiger partial charge in [-0.25, -0.2) is 4.39 Å². The van der Waals surface area contributed by atoms with Crippen LogP contribution in [0, 0.1) is 12.7 Å². The van der Waals surface area contributed by atoms with E-state index in [9.17, 15) is 14.0 Å². The number of hydrogen-bond acceptors (Lipinski definition) is 2. The molecule has 0 saturated heterocycles. The quantitative estimate of drug-likeness (QED) is 0.802. The van der Waals surface area contributed by atoms with Crippen molar-refractivity contribution in [3.05, 3.63) is 81.4 Å². The maximum atomic E-state index is 14.0. The number of fused-ring (bicyclic) bond motifs is 1. The average molecular weight is 325 g/mol. The number of rotatable bonds is 4. The minimum atomic E-state index is -1.07. The van der Waals surface area contributed by atoms with E-state index in [-0.39, 0.29) is 29.8 Å². The van der Waals surface area contributed by atoms with E-state index in [1.807, 2.05) is 13.0 Å². The van der Waals surface area contributed by atoms with E-state index >= 15 is 0 Å². The summed E-state index contributed by atoms with van der Waals surface area (Å²) in [7, 11) is 0. The van der Waals surface area contributed by atoms with Gasteiger partial charge < -0.3 is 9.67 Å². The predicted molar refractivity (Wildman–Crippen MR) is 89.8 cm³/mol. The normalized spacial score (nSPS) is 10.9. The molecular formula is C19H16FNO3. The summed E-state index contributed by atoms with van der Waals surface area (Å²) in [6, 6.07) is 11.8. The van der Waals surface area contributed by atoms with Crippen molar-refractivity contribution in [3.8, 4) is 0 Å². The number of hydrogen-bond donors (Lipinski definition) is 1. The molecule has 0 amide bonds. The predicted octanol–water partition coefficient (Wildman–Crippen LogP) is 3.12. The van der Waals surface area contributed by atoms with Crippen molar-refractivity contribution in [1.29, 1.82) is 0 Å². The van der Waals surface area contributed by atoms with Crippen LogP contribution in [0.2, 0.25) is 0 Å². The van der Waals surface area contributed by atoms with Gasteiger partial charge in [0.2, 0.25) is 0 Å². The van der Waals surface area contributed by atoms with Crippen molar-refractivity contribution >= 4 is 16.9 Å². The fourth-order valence-electron chi connectivity index (χ4n) is 2.80. The minimum Gasteiger partial charge on any atom is -0.481 e. The number of aryl methyl sites for hydroxylation is 1. The minimum absolute atomic E-state index is 0.192. The number of halogens is 1. The van der Waals surface area contributed by atoms with Crippen LogP contribution in [0.15, 0.2) is 53.5 Å². The fourth-order valence-corrected chi connectivity index (χ4v) is 2.80. The molecule has 5 heteroatoms. The molecule has 0 aliphatic rings. The van der Waals surface area contributed by atoms with Crippen molar-refractivity contribution in [2.45, 2.75) is 19.9 Å². The van der Waals surface area contributed by atoms with Crippen LogP contribution in [0.1, 0.15) is 16.7 Å². The van der Waals surface area contributed by atoms with Crippen LogP contribution in [-0.4, -0.2) is 15.6 Å². The largest absolute Gasteiger partial charge is 0.481 e. The molecule has 0 saturated carbocycles. The first-order valence-electron chi connectivity index (χ1n) is 7.53. The monoisotopic (exact) mass is 325 g/mol. The van der Waals surface area contributed by atoms with Crippen molar-refractivity contribution < 1.29 is 14.3 Å². The number of pyridine rings is 1. The van der Waals surface area contributed by atoms with Gasteiger partial charge in [-0.2, -0.15) is 0 Å². The zero-order valence-corrected chi connectivity index (χ0v) is 13.1. The van der Waals surface area contributed by atoms with Crippen molar-refractivity contribution in [1.82, 2.24) is 4.57 Å². The summed E-state index contributed by atoms with van der Waals surface area (Å²) in [6.45, 7) is 2.09. The van der Waals surface area contributed by atoms with Crippen molar-refractivity contribution in [2.24, 2.45) is 0 Å². The van der Waals surface area contributed by atoms with E-state index < -0.39 is 5.97 Å². The standard InChI is InChI=1S/C19H16FNO3/c1-12-6-7-17-15(8-12)19(24)14(9-18(22)23)11-21(17)10-13-4-2-3-5-16(13)20/h2-8,11H,9-10H2,1H3,(H,22,23). The Bertz CT molecular complexity index is 992. The molecule has 2 aromatic carbocycles. The van der Waals surface area contributed by atoms with Crippen LogP contribution in [-0.2, 0) is 17.8 Å². The van der Waals surface area contributed by atoms with Gasteiger partial charge in [-0.1, -0.05) is 29.8 Å². The van der Waals surface area contributed by atoms with E-state index in [0.717, 1.165) is 5.56 Å². The number of nitrogens with zero attached hydrogens (tertiary/aromatic N) is 1. The molecule has 3 rings (SSSR count). The molecule has 0 fully saturated rings. The van der Waals surface area contributed by atoms with Crippen LogP contribution < -0.4 is 5.43 Å². The summed E-state index contributed by atoms with van der Waals surface area (Å²) in [5, 5.41) is 9.48. The van der Waals surface area contributed by atoms with Gasteiger partial charge in [-0.05, 0) is 25.1 Å². The van der Waals surface area contributed by atoms with Crippen molar-refractivity contribution in [3.63, 3.8) is 0 Å². The molecule has 0 bridgehead atoms. The second-order valence-electron chi connectivity index (χ2n) is 5.79. The van der Waals surface area contributed by atoms with Crippen LogP contribution in [0.5, 0.6) is 0 Å². The molecular weight excluding hydrogens is 309 g/mol. The molecule has 4 nitrogen and oxygen atoms in total. The lowest BCUT2D eigenvalue weighted by Crippen LogP contribution is -2.18. The van der Waals surface area contributed by atoms with Gasteiger partial charge in [-0.15, -0.1) is 0 Å². The van der Waals surface area contributed by atoms with Gasteiger partial charge in [0.15, 0.2) is 5.43 Å². The van der Waals surface area contributed by atoms with Gasteiger partial charge >= 0.3 is 5.97 Å². The highest BCUT2D eigenvalue weighted by Gasteiger charge is 2.13. The molecule has 0 unspecified atom stereocenters. The number of carbonyl (C=O) groups is 1. The lowest BCUT2D eigenvalue weighted by molar-refractivity contribution is -0.136. The Balaban J connectivity index is 2.22. The Morgan fingerprint density at radius 1 is 1.17 bits per heavy atom. The van der Waals surface area contributed by atoms with Gasteiger partial charge in [0.1, 0.15) is 5.82 Å². The molecule has 0 aliphatic heterocycles. The maximum Gasteiger partial charge on any atom is 0.308 e. The summed E-state index contributed by atoms with van der Waals surface area (Å²) in [4.78, 5) is 23.6. The highest BCUT2D eigenvalue weighted by molar-refractivity contribution is 5.81. The SMILES string of the molecule is Cc1ccc2c(c1)c(=O)c(CC(=O)O)cn2Cc1ccccc1F. The number of carboxylic acids is 1. The molecule has 0 radical (unpaired) electrons. The summed E-state index contributed by atoms with van der Waals surface area (Å²) in [5.41, 5.74) is 1.94. The molecule has 0 atom stereocenters. The van der Waals surface area contributed by atoms with Crippen LogP contribution in [0.25, 0.3) is 10.9 Å². The van der Waals surface area contributed by atoms with E-state index in [4.69, 9.17) is 5.11 Å². The summed E-state index contributed by atoms with van der Waals surface area (Å²) < 4.78 is 15.7. The third-order valence-electron chi connectivity index (χ3n) is 3.95. The van der Waals surface area contributed by atoms with E-state index in [0.29, 0.717) is 16.5 Å². The number of carboxylic acid groups (broad SMARTS) is 1. The first-order chi connectivity index (χ1) is 11.5. The second kappa shape index (κ2) is 6.28. The lowest BCUT2D eigenvalue weighted by atomic mass is 10.1. The Morgan fingerprint density at radius 2 is 1.92 bits per heavy atom. The molecule has 1 aromatic heterocycles. The lowest BCUT2D eigenvalue weighted by Gasteiger charge is -2.14. The second-order valence-corrected chi connectivity index (χ2v) is 5.79. The third kappa shape index (κ3) is 3.06. The first-order valence-corrected chi connectivity index (χ1v) is 7.53. The van der Waals surface area contributed by atoms with Crippen LogP contribution in [0.4, 0.5) is 4.39 Å². The molecule has 1 heterocycles.